The molecule has 0 fully saturated rings. The second-order valence-corrected chi connectivity index (χ2v) is 19.2. The Hall–Kier alpha value is -4.38. The fourth-order valence-electron chi connectivity index (χ4n) is 9.04. The number of furan rings is 2. The lowest BCUT2D eigenvalue weighted by Gasteiger charge is -2.03. The van der Waals surface area contributed by atoms with Crippen molar-refractivity contribution in [2.75, 3.05) is 0 Å². The van der Waals surface area contributed by atoms with Gasteiger partial charge in [-0.25, -0.2) is 0 Å². The Morgan fingerprint density at radius 1 is 0.345 bits per heavy atom. The standard InChI is InChI=1S/C54H58O2S2/c1-3-5-7-9-11-13-15-17-19-43-25-27-53(57-43)39-23-21-37-31-45-47-35-52-48(36-51(47)55-49(45)33-41(37)29-39)46-32-38-22-24-40(30-42(38)34-50(46)56-52)54-28-26-44(58-54)20-18-16-14-12-10-8-6-4-2/h21-36H,3-20H2,1-2H3. The summed E-state index contributed by atoms with van der Waals surface area (Å²) >= 11 is 3.91. The lowest BCUT2D eigenvalue weighted by atomic mass is 10.0. The highest BCUT2D eigenvalue weighted by molar-refractivity contribution is 7.15. The zero-order valence-corrected chi connectivity index (χ0v) is 36.2. The Bertz CT molecular complexity index is 2600. The summed E-state index contributed by atoms with van der Waals surface area (Å²) in [4.78, 5) is 5.70. The van der Waals surface area contributed by atoms with E-state index < -0.39 is 0 Å². The van der Waals surface area contributed by atoms with E-state index in [0.29, 0.717) is 0 Å². The highest BCUT2D eigenvalue weighted by atomic mass is 32.1. The first-order valence-corrected chi connectivity index (χ1v) is 24.1. The van der Waals surface area contributed by atoms with E-state index in [9.17, 15) is 0 Å². The molecule has 0 amide bonds. The Morgan fingerprint density at radius 2 is 0.724 bits per heavy atom. The Labute approximate surface area is 352 Å². The van der Waals surface area contributed by atoms with Gasteiger partial charge in [0, 0.05) is 41.1 Å². The molecule has 0 saturated carbocycles. The summed E-state index contributed by atoms with van der Waals surface area (Å²) < 4.78 is 13.2. The van der Waals surface area contributed by atoms with Crippen LogP contribution < -0.4 is 0 Å². The molecule has 0 spiro atoms. The molecule has 0 saturated heterocycles. The van der Waals surface area contributed by atoms with Crippen LogP contribution in [0.2, 0.25) is 0 Å². The molecule has 0 atom stereocenters. The van der Waals surface area contributed by atoms with Gasteiger partial charge in [-0.05, 0) is 131 Å². The molecule has 0 aliphatic rings. The van der Waals surface area contributed by atoms with Crippen LogP contribution in [0.4, 0.5) is 0 Å². The van der Waals surface area contributed by atoms with Gasteiger partial charge in [0.2, 0.25) is 0 Å². The molecule has 4 aromatic heterocycles. The SMILES string of the molecule is CCCCCCCCCCc1ccc(-c2ccc3cc4c(cc3c2)oc2cc3c(cc24)oc2cc4cc(-c5ccc(CCCCCCCCCC)s5)ccc4cc23)s1. The van der Waals surface area contributed by atoms with Gasteiger partial charge >= 0.3 is 0 Å². The molecule has 0 unspecified atom stereocenters. The van der Waals surface area contributed by atoms with Gasteiger partial charge in [0.15, 0.2) is 0 Å². The zero-order chi connectivity index (χ0) is 39.3. The molecule has 58 heavy (non-hydrogen) atoms. The number of benzene rings is 5. The number of rotatable bonds is 20. The summed E-state index contributed by atoms with van der Waals surface area (Å²) in [6.07, 6.45) is 24.2. The maximum Gasteiger partial charge on any atom is 0.136 e. The molecule has 4 heteroatoms. The molecule has 0 N–H and O–H groups in total. The van der Waals surface area contributed by atoms with E-state index in [1.807, 2.05) is 22.7 Å². The van der Waals surface area contributed by atoms with Gasteiger partial charge < -0.3 is 8.83 Å². The molecule has 298 valence electrons. The highest BCUT2D eigenvalue weighted by Gasteiger charge is 2.16. The van der Waals surface area contributed by atoms with Crippen molar-refractivity contribution in [1.29, 1.82) is 0 Å². The number of hydrogen-bond donors (Lipinski definition) is 0. The average Bonchev–Trinajstić information content (AvgIpc) is 4.05. The third-order valence-corrected chi connectivity index (χ3v) is 14.8. The van der Waals surface area contributed by atoms with E-state index in [2.05, 4.69) is 111 Å². The van der Waals surface area contributed by atoms with Crippen molar-refractivity contribution in [1.82, 2.24) is 0 Å². The smallest absolute Gasteiger partial charge is 0.136 e. The third kappa shape index (κ3) is 8.66. The maximum absolute atomic E-state index is 6.60. The first kappa shape index (κ1) is 39.1. The van der Waals surface area contributed by atoms with E-state index in [4.69, 9.17) is 8.83 Å². The van der Waals surface area contributed by atoms with Gasteiger partial charge in [-0.15, -0.1) is 22.7 Å². The molecule has 2 nitrogen and oxygen atoms in total. The van der Waals surface area contributed by atoms with Gasteiger partial charge in [0.05, 0.1) is 0 Å². The minimum Gasteiger partial charge on any atom is -0.456 e. The molecule has 4 heterocycles. The highest BCUT2D eigenvalue weighted by Crippen LogP contribution is 2.41. The van der Waals surface area contributed by atoms with Crippen LogP contribution in [0, 0.1) is 0 Å². The normalized spacial score (nSPS) is 12.2. The molecule has 5 aromatic carbocycles. The Kier molecular flexibility index (Phi) is 12.3. The van der Waals surface area contributed by atoms with E-state index >= 15 is 0 Å². The van der Waals surface area contributed by atoms with E-state index in [-0.39, 0.29) is 0 Å². The third-order valence-electron chi connectivity index (χ3n) is 12.4. The van der Waals surface area contributed by atoms with Crippen LogP contribution in [0.3, 0.4) is 0 Å². The number of hydrogen-bond acceptors (Lipinski definition) is 4. The fraction of sp³-hybridized carbons (Fsp3) is 0.370. The van der Waals surface area contributed by atoms with Gasteiger partial charge in [-0.2, -0.15) is 0 Å². The van der Waals surface area contributed by atoms with Crippen LogP contribution in [0.25, 0.3) is 86.3 Å². The second kappa shape index (κ2) is 18.3. The monoisotopic (exact) mass is 802 g/mol. The topological polar surface area (TPSA) is 26.3 Å². The Morgan fingerprint density at radius 3 is 1.16 bits per heavy atom. The summed E-state index contributed by atoms with van der Waals surface area (Å²) in [6, 6.07) is 36.5. The van der Waals surface area contributed by atoms with Crippen molar-refractivity contribution in [2.45, 2.75) is 129 Å². The lowest BCUT2D eigenvalue weighted by Crippen LogP contribution is -1.83. The summed E-state index contributed by atoms with van der Waals surface area (Å²) in [5, 5.41) is 9.35. The summed E-state index contributed by atoms with van der Waals surface area (Å²) in [7, 11) is 0. The summed E-state index contributed by atoms with van der Waals surface area (Å²) in [6.45, 7) is 4.58. The number of aryl methyl sites for hydroxylation is 2. The van der Waals surface area contributed by atoms with E-state index in [1.54, 1.807) is 0 Å². The largest absolute Gasteiger partial charge is 0.456 e. The van der Waals surface area contributed by atoms with Crippen molar-refractivity contribution in [3.8, 4) is 20.9 Å². The van der Waals surface area contributed by atoms with Crippen molar-refractivity contribution < 1.29 is 8.83 Å². The zero-order valence-electron chi connectivity index (χ0n) is 34.6. The van der Waals surface area contributed by atoms with Gasteiger partial charge in [-0.3, -0.25) is 0 Å². The van der Waals surface area contributed by atoms with Gasteiger partial charge in [0.1, 0.15) is 22.3 Å². The molecule has 0 bridgehead atoms. The number of unbranched alkanes of at least 4 members (excludes halogenated alkanes) is 14. The molecule has 0 radical (unpaired) electrons. The van der Waals surface area contributed by atoms with Crippen LogP contribution in [0.1, 0.15) is 126 Å². The van der Waals surface area contributed by atoms with Crippen molar-refractivity contribution >= 4 is 88.1 Å². The first-order chi connectivity index (χ1) is 28.6. The summed E-state index contributed by atoms with van der Waals surface area (Å²) in [5.41, 5.74) is 6.22. The Balaban J connectivity index is 0.899. The van der Waals surface area contributed by atoms with Crippen LogP contribution in [0.5, 0.6) is 0 Å². The molecule has 0 aliphatic carbocycles. The van der Waals surface area contributed by atoms with Gasteiger partial charge in [0.25, 0.3) is 0 Å². The van der Waals surface area contributed by atoms with Crippen molar-refractivity contribution in [2.24, 2.45) is 0 Å². The molecule has 0 aliphatic heterocycles. The van der Waals surface area contributed by atoms with E-state index in [1.165, 1.54) is 168 Å². The van der Waals surface area contributed by atoms with Crippen LogP contribution in [0.15, 0.2) is 106 Å². The minimum absolute atomic E-state index is 0.903. The van der Waals surface area contributed by atoms with Crippen molar-refractivity contribution in [3.63, 3.8) is 0 Å². The molecule has 9 aromatic rings. The predicted octanol–water partition coefficient (Wildman–Crippen LogP) is 18.6. The second-order valence-electron chi connectivity index (χ2n) is 16.9. The lowest BCUT2D eigenvalue weighted by molar-refractivity contribution is 0.576. The van der Waals surface area contributed by atoms with Crippen LogP contribution in [-0.2, 0) is 12.8 Å². The maximum atomic E-state index is 6.60. The average molecular weight is 803 g/mol. The van der Waals surface area contributed by atoms with Crippen LogP contribution >= 0.6 is 22.7 Å². The number of fused-ring (bicyclic) bond motifs is 8. The van der Waals surface area contributed by atoms with Crippen LogP contribution in [-0.4, -0.2) is 0 Å². The predicted molar refractivity (Wildman–Crippen MR) is 255 cm³/mol. The quantitative estimate of drug-likeness (QED) is 0.0718. The molecular weight excluding hydrogens is 745 g/mol. The first-order valence-electron chi connectivity index (χ1n) is 22.5. The molecule has 9 rings (SSSR count). The minimum atomic E-state index is 0.903. The summed E-state index contributed by atoms with van der Waals surface area (Å²) in [5.74, 6) is 0. The van der Waals surface area contributed by atoms with E-state index in [0.717, 1.165) is 43.9 Å². The molecular formula is C54H58O2S2. The van der Waals surface area contributed by atoms with Gasteiger partial charge in [-0.1, -0.05) is 128 Å². The van der Waals surface area contributed by atoms with Crippen molar-refractivity contribution in [3.05, 3.63) is 107 Å². The fourth-order valence-corrected chi connectivity index (χ4v) is 11.1. The number of thiophene rings is 2.